The maximum absolute atomic E-state index is 13.6. The van der Waals surface area contributed by atoms with Gasteiger partial charge >= 0.3 is 6.09 Å². The summed E-state index contributed by atoms with van der Waals surface area (Å²) in [4.78, 5) is 51.4. The Balaban J connectivity index is 2.56. The van der Waals surface area contributed by atoms with Crippen molar-refractivity contribution < 1.29 is 38.5 Å². The number of aliphatic hydroxyl groups excluding tert-OH is 1. The third kappa shape index (κ3) is 9.37. The highest BCUT2D eigenvalue weighted by Gasteiger charge is 2.33. The highest BCUT2D eigenvalue weighted by atomic mass is 16.6. The number of ketones is 2. The molecule has 2 aliphatic rings. The Morgan fingerprint density at radius 1 is 1.14 bits per heavy atom. The molecule has 11 nitrogen and oxygen atoms in total. The molecule has 1 heterocycles. The van der Waals surface area contributed by atoms with Gasteiger partial charge in [-0.3, -0.25) is 14.4 Å². The lowest BCUT2D eigenvalue weighted by Crippen LogP contribution is -2.38. The predicted molar refractivity (Wildman–Crippen MR) is 158 cm³/mol. The molecule has 0 saturated carbocycles. The number of carbonyl (C=O) groups is 4. The van der Waals surface area contributed by atoms with Crippen LogP contribution in [0.1, 0.15) is 66.7 Å². The number of primary amides is 1. The van der Waals surface area contributed by atoms with E-state index >= 15 is 0 Å². The number of allylic oxidation sites excluding steroid dienone is 3. The molecule has 0 spiro atoms. The van der Waals surface area contributed by atoms with Crippen LogP contribution < -0.4 is 16.4 Å². The second-order valence-electron chi connectivity index (χ2n) is 11.2. The summed E-state index contributed by atoms with van der Waals surface area (Å²) in [6, 6.07) is 0. The molecule has 0 aromatic rings. The molecule has 0 aromatic heterocycles. The number of aliphatic hydroxyl groups is 1. The third-order valence-corrected chi connectivity index (χ3v) is 7.67. The highest BCUT2D eigenvalue weighted by molar-refractivity contribution is 6.23. The van der Waals surface area contributed by atoms with Crippen LogP contribution in [0.15, 0.2) is 46.3 Å². The van der Waals surface area contributed by atoms with E-state index in [9.17, 15) is 24.3 Å². The molecule has 0 aromatic carbocycles. The van der Waals surface area contributed by atoms with E-state index in [1.165, 1.54) is 14.2 Å². The fourth-order valence-corrected chi connectivity index (χ4v) is 5.33. The number of fused-ring (bicyclic) bond motifs is 2. The minimum absolute atomic E-state index is 0.0821. The van der Waals surface area contributed by atoms with Gasteiger partial charge in [-0.2, -0.15) is 0 Å². The summed E-state index contributed by atoms with van der Waals surface area (Å²) < 4.78 is 16.7. The van der Waals surface area contributed by atoms with Crippen LogP contribution in [0.3, 0.4) is 0 Å². The van der Waals surface area contributed by atoms with Gasteiger partial charge in [-0.15, -0.1) is 0 Å². The van der Waals surface area contributed by atoms with E-state index < -0.39 is 48.1 Å². The van der Waals surface area contributed by atoms with Crippen molar-refractivity contribution in [1.82, 2.24) is 10.6 Å². The molecule has 2 amide bonds. The van der Waals surface area contributed by atoms with E-state index in [0.29, 0.717) is 42.5 Å². The van der Waals surface area contributed by atoms with Crippen molar-refractivity contribution in [1.29, 1.82) is 0 Å². The van der Waals surface area contributed by atoms with E-state index in [0.717, 1.165) is 12.5 Å². The van der Waals surface area contributed by atoms with Gasteiger partial charge in [0.05, 0.1) is 29.7 Å². The zero-order valence-electron chi connectivity index (χ0n) is 25.8. The van der Waals surface area contributed by atoms with Gasteiger partial charge in [0.25, 0.3) is 5.91 Å². The van der Waals surface area contributed by atoms with Crippen LogP contribution in [-0.2, 0) is 28.6 Å². The van der Waals surface area contributed by atoms with Crippen LogP contribution in [0.25, 0.3) is 0 Å². The SMILES string of the molecule is CCCNC1=C2C[C@@H](C)C[C@H](OC)[C@H](O)[C@@H](C)C=C(C)[C@H](OC(N)=O)[C@@H](OC)CCC=C(C)C(=O)NC(=CC1=O)C2=O. The summed E-state index contributed by atoms with van der Waals surface area (Å²) in [5.41, 5.74) is 6.80. The number of hydrogen-bond donors (Lipinski definition) is 4. The first kappa shape index (κ1) is 34.9. The Kier molecular flexibility index (Phi) is 13.6. The molecular weight excluding hydrogens is 542 g/mol. The molecule has 0 saturated heterocycles. The second-order valence-corrected chi connectivity index (χ2v) is 11.2. The first-order chi connectivity index (χ1) is 19.8. The summed E-state index contributed by atoms with van der Waals surface area (Å²) >= 11 is 0. The molecular formula is C31H47N3O8. The number of hydrogen-bond acceptors (Lipinski definition) is 9. The summed E-state index contributed by atoms with van der Waals surface area (Å²) in [7, 11) is 3.00. The lowest BCUT2D eigenvalue weighted by atomic mass is 9.85. The number of nitrogens with one attached hydrogen (secondary N) is 2. The molecule has 0 fully saturated rings. The monoisotopic (exact) mass is 589 g/mol. The number of carbonyl (C=O) groups excluding carboxylic acids is 4. The van der Waals surface area contributed by atoms with Crippen molar-refractivity contribution in [2.45, 2.75) is 91.1 Å². The molecule has 11 heteroatoms. The number of methoxy groups -OCH3 is 2. The van der Waals surface area contributed by atoms with Gasteiger partial charge in [-0.1, -0.05) is 32.9 Å². The summed E-state index contributed by atoms with van der Waals surface area (Å²) in [6.07, 6.45) is 2.88. The van der Waals surface area contributed by atoms with Crippen LogP contribution in [0.2, 0.25) is 0 Å². The van der Waals surface area contributed by atoms with Gasteiger partial charge in [-0.25, -0.2) is 4.79 Å². The Morgan fingerprint density at radius 2 is 1.81 bits per heavy atom. The molecule has 5 N–H and O–H groups in total. The van der Waals surface area contributed by atoms with E-state index in [4.69, 9.17) is 19.9 Å². The average Bonchev–Trinajstić information content (AvgIpc) is 2.94. The van der Waals surface area contributed by atoms with Gasteiger partial charge in [0, 0.05) is 43.9 Å². The number of Topliss-reactive ketones (excluding diaryl/α,β-unsaturated/α-hetero) is 1. The smallest absolute Gasteiger partial charge is 0.405 e. The van der Waals surface area contributed by atoms with Crippen molar-refractivity contribution in [3.63, 3.8) is 0 Å². The minimum atomic E-state index is -0.961. The van der Waals surface area contributed by atoms with Crippen LogP contribution in [0.5, 0.6) is 0 Å². The van der Waals surface area contributed by atoms with Crippen LogP contribution >= 0.6 is 0 Å². The van der Waals surface area contributed by atoms with Crippen LogP contribution in [0, 0.1) is 11.8 Å². The molecule has 1 aliphatic carbocycles. The summed E-state index contributed by atoms with van der Waals surface area (Å²) in [6.45, 7) is 9.60. The maximum Gasteiger partial charge on any atom is 0.405 e. The molecule has 234 valence electrons. The standard InChI is InChI=1S/C31H47N3O8/c1-8-12-33-26-21-13-17(2)14-25(41-7)27(36)19(4)15-20(5)29(42-31(32)39)24(40-6)11-9-10-18(3)30(38)34-22(28(21)37)16-23(26)35/h10,15-17,19,24-25,27,29,33,36H,8-9,11-14H2,1-7H3,(H2,32,39)(H,34,38)/t17-,19+,24+,25+,27-,29+/m1/s1. The van der Waals surface area contributed by atoms with Crippen molar-refractivity contribution in [2.75, 3.05) is 20.8 Å². The average molecular weight is 590 g/mol. The zero-order chi connectivity index (χ0) is 31.6. The van der Waals surface area contributed by atoms with E-state index in [-0.39, 0.29) is 29.5 Å². The van der Waals surface area contributed by atoms with Gasteiger partial charge in [0.2, 0.25) is 11.6 Å². The first-order valence-electron chi connectivity index (χ1n) is 14.5. The fourth-order valence-electron chi connectivity index (χ4n) is 5.33. The van der Waals surface area contributed by atoms with Crippen molar-refractivity contribution in [3.05, 3.63) is 46.3 Å². The maximum atomic E-state index is 13.6. The number of rotatable bonds is 6. The van der Waals surface area contributed by atoms with Crippen LogP contribution in [0.4, 0.5) is 4.79 Å². The van der Waals surface area contributed by atoms with E-state index in [1.54, 1.807) is 26.0 Å². The molecule has 0 radical (unpaired) electrons. The summed E-state index contributed by atoms with van der Waals surface area (Å²) in [5.74, 6) is -1.89. The largest absolute Gasteiger partial charge is 0.439 e. The van der Waals surface area contributed by atoms with Crippen LogP contribution in [-0.4, -0.2) is 73.9 Å². The molecule has 0 unspecified atom stereocenters. The lowest BCUT2D eigenvalue weighted by Gasteiger charge is -2.30. The van der Waals surface area contributed by atoms with Crippen molar-refractivity contribution in [3.8, 4) is 0 Å². The zero-order valence-corrected chi connectivity index (χ0v) is 25.8. The van der Waals surface area contributed by atoms with Gasteiger partial charge in [0.1, 0.15) is 0 Å². The molecule has 2 bridgehead atoms. The quantitative estimate of drug-likeness (QED) is 0.269. The van der Waals surface area contributed by atoms with E-state index in [1.807, 2.05) is 20.8 Å². The lowest BCUT2D eigenvalue weighted by molar-refractivity contribution is -0.120. The molecule has 42 heavy (non-hydrogen) atoms. The summed E-state index contributed by atoms with van der Waals surface area (Å²) in [5, 5.41) is 17.0. The van der Waals surface area contributed by atoms with Gasteiger partial charge in [0.15, 0.2) is 6.10 Å². The normalized spacial score (nSPS) is 28.9. The third-order valence-electron chi connectivity index (χ3n) is 7.67. The van der Waals surface area contributed by atoms with E-state index in [2.05, 4.69) is 10.6 Å². The molecule has 2 rings (SSSR count). The molecule has 1 aliphatic heterocycles. The van der Waals surface area contributed by atoms with Gasteiger partial charge < -0.3 is 35.7 Å². The predicted octanol–water partition coefficient (Wildman–Crippen LogP) is 2.99. The number of nitrogens with two attached hydrogens (primary N) is 1. The van der Waals surface area contributed by atoms with Crippen molar-refractivity contribution >= 4 is 23.6 Å². The number of amides is 2. The first-order valence-corrected chi connectivity index (χ1v) is 14.5. The Morgan fingerprint density at radius 3 is 2.40 bits per heavy atom. The highest BCUT2D eigenvalue weighted by Crippen LogP contribution is 2.29. The fraction of sp³-hybridized carbons (Fsp3) is 0.613. The van der Waals surface area contributed by atoms with Gasteiger partial charge in [-0.05, 0) is 57.4 Å². The number of ether oxygens (including phenoxy) is 3. The molecule has 6 atom stereocenters. The second kappa shape index (κ2) is 16.4. The topological polar surface area (TPSA) is 166 Å². The Bertz CT molecular complexity index is 1140. The van der Waals surface area contributed by atoms with Crippen molar-refractivity contribution in [2.24, 2.45) is 17.6 Å². The Labute approximate surface area is 248 Å². The minimum Gasteiger partial charge on any atom is -0.439 e. The Hall–Kier alpha value is -3.28.